The summed E-state index contributed by atoms with van der Waals surface area (Å²) >= 11 is 4.40. The van der Waals surface area contributed by atoms with E-state index in [0.29, 0.717) is 33.5 Å². The molecule has 4 saturated carbocycles. The minimum absolute atomic E-state index is 0.00886. The van der Waals surface area contributed by atoms with Crippen molar-refractivity contribution in [3.63, 3.8) is 0 Å². The molecular formula is C26H36I2O. The number of hydrogen-bond donors (Lipinski definition) is 0. The smallest absolute Gasteiger partial charge is 0.124 e. The highest BCUT2D eigenvalue weighted by Crippen LogP contribution is 2.70. The Morgan fingerprint density at radius 1 is 0.724 bits per heavy atom. The zero-order valence-corrected chi connectivity index (χ0v) is 23.2. The third kappa shape index (κ3) is 3.10. The molecule has 0 aromatic rings. The monoisotopic (exact) mass is 618 g/mol. The van der Waals surface area contributed by atoms with E-state index in [9.17, 15) is 0 Å². The van der Waals surface area contributed by atoms with Crippen LogP contribution in [0.25, 0.3) is 0 Å². The van der Waals surface area contributed by atoms with Gasteiger partial charge in [0.15, 0.2) is 0 Å². The fourth-order valence-electron chi connectivity index (χ4n) is 8.17. The molecule has 4 bridgehead atoms. The third-order valence-electron chi connectivity index (χ3n) is 11.1. The van der Waals surface area contributed by atoms with Gasteiger partial charge in [-0.2, -0.15) is 0 Å². The number of fused-ring (bicyclic) bond motifs is 4. The molecule has 8 atom stereocenters. The van der Waals surface area contributed by atoms with Gasteiger partial charge < -0.3 is 4.74 Å². The lowest BCUT2D eigenvalue weighted by atomic mass is 9.64. The van der Waals surface area contributed by atoms with Gasteiger partial charge >= 0.3 is 0 Å². The SMILES string of the molecule is CC1(C)C2CCC1(C)C(C(C#CI)OC(C#CI)C1CC3CCC1(C)C3(C)C)C2. The highest BCUT2D eigenvalue weighted by Gasteiger charge is 2.65. The van der Waals surface area contributed by atoms with Gasteiger partial charge in [0, 0.05) is 57.0 Å². The van der Waals surface area contributed by atoms with Crippen molar-refractivity contribution in [1.82, 2.24) is 0 Å². The molecule has 0 radical (unpaired) electrons. The lowest BCUT2D eigenvalue weighted by molar-refractivity contribution is -0.0760. The molecule has 0 aromatic carbocycles. The van der Waals surface area contributed by atoms with Crippen molar-refractivity contribution in [3.05, 3.63) is 0 Å². The Kier molecular flexibility index (Phi) is 5.92. The zero-order chi connectivity index (χ0) is 21.2. The summed E-state index contributed by atoms with van der Waals surface area (Å²) in [6.07, 6.45) is 7.92. The summed E-state index contributed by atoms with van der Waals surface area (Å²) < 4.78 is 13.3. The van der Waals surface area contributed by atoms with Gasteiger partial charge in [-0.3, -0.25) is 0 Å². The fraction of sp³-hybridized carbons (Fsp3) is 0.846. The van der Waals surface area contributed by atoms with Crippen molar-refractivity contribution < 1.29 is 4.74 Å². The number of halogens is 2. The van der Waals surface area contributed by atoms with Gasteiger partial charge in [-0.05, 0) is 79.9 Å². The largest absolute Gasteiger partial charge is 0.349 e. The summed E-state index contributed by atoms with van der Waals surface area (Å²) in [4.78, 5) is 0. The van der Waals surface area contributed by atoms with Crippen LogP contribution in [-0.2, 0) is 4.74 Å². The minimum atomic E-state index is 0.00886. The third-order valence-corrected chi connectivity index (χ3v) is 11.8. The van der Waals surface area contributed by atoms with E-state index in [4.69, 9.17) is 4.74 Å². The molecule has 3 heteroatoms. The Balaban J connectivity index is 1.62. The Morgan fingerprint density at radius 3 is 1.34 bits per heavy atom. The van der Waals surface area contributed by atoms with Crippen molar-refractivity contribution in [2.24, 2.45) is 45.3 Å². The van der Waals surface area contributed by atoms with Crippen LogP contribution in [-0.4, -0.2) is 12.2 Å². The Labute approximate surface area is 205 Å². The highest BCUT2D eigenvalue weighted by atomic mass is 127. The quantitative estimate of drug-likeness (QED) is 0.235. The molecule has 1 nitrogen and oxygen atoms in total. The molecule has 0 saturated heterocycles. The van der Waals surface area contributed by atoms with Crippen molar-refractivity contribution in [2.75, 3.05) is 0 Å². The normalized spacial score (nSPS) is 45.2. The second kappa shape index (κ2) is 7.55. The number of ether oxygens (including phenoxy) is 1. The van der Waals surface area contributed by atoms with Gasteiger partial charge in [0.25, 0.3) is 0 Å². The van der Waals surface area contributed by atoms with Crippen LogP contribution in [0.15, 0.2) is 0 Å². The van der Waals surface area contributed by atoms with E-state index in [1.165, 1.54) is 38.5 Å². The van der Waals surface area contributed by atoms with Gasteiger partial charge in [-0.1, -0.05) is 53.4 Å². The fourth-order valence-corrected chi connectivity index (χ4v) is 8.79. The van der Waals surface area contributed by atoms with Gasteiger partial charge in [0.1, 0.15) is 12.2 Å². The Hall–Kier alpha value is 0.540. The lowest BCUT2D eigenvalue weighted by Gasteiger charge is -2.44. The van der Waals surface area contributed by atoms with Gasteiger partial charge in [-0.25, -0.2) is 0 Å². The summed E-state index contributed by atoms with van der Waals surface area (Å²) in [5.41, 5.74) is 1.42. The van der Waals surface area contributed by atoms with Crippen LogP contribution in [0, 0.1) is 65.0 Å². The van der Waals surface area contributed by atoms with E-state index in [1.54, 1.807) is 0 Å². The average Bonchev–Trinajstić information content (AvgIpc) is 3.18. The van der Waals surface area contributed by atoms with E-state index in [0.717, 1.165) is 11.8 Å². The predicted molar refractivity (Wildman–Crippen MR) is 138 cm³/mol. The zero-order valence-electron chi connectivity index (χ0n) is 18.9. The Morgan fingerprint density at radius 2 is 1.10 bits per heavy atom. The first-order valence-corrected chi connectivity index (χ1v) is 13.6. The van der Waals surface area contributed by atoms with E-state index < -0.39 is 0 Å². The van der Waals surface area contributed by atoms with Gasteiger partial charge in [0.05, 0.1) is 0 Å². The Bertz CT molecular complexity index is 727. The first-order valence-electron chi connectivity index (χ1n) is 11.4. The lowest BCUT2D eigenvalue weighted by Crippen LogP contribution is -2.44. The predicted octanol–water partition coefficient (Wildman–Crippen LogP) is 7.46. The molecule has 4 rings (SSSR count). The number of rotatable bonds is 4. The number of hydrogen-bond acceptors (Lipinski definition) is 1. The molecule has 0 aromatic heterocycles. The molecule has 4 aliphatic carbocycles. The molecule has 0 heterocycles. The maximum Gasteiger partial charge on any atom is 0.124 e. The van der Waals surface area contributed by atoms with E-state index in [-0.39, 0.29) is 12.2 Å². The van der Waals surface area contributed by atoms with Crippen molar-refractivity contribution in [1.29, 1.82) is 0 Å². The van der Waals surface area contributed by atoms with Gasteiger partial charge in [-0.15, -0.1) is 0 Å². The van der Waals surface area contributed by atoms with Crippen molar-refractivity contribution >= 4 is 45.2 Å². The summed E-state index contributed by atoms with van der Waals surface area (Å²) in [7, 11) is 0. The molecule has 4 fully saturated rings. The molecule has 0 N–H and O–H groups in total. The molecule has 4 aliphatic rings. The van der Waals surface area contributed by atoms with E-state index in [2.05, 4.69) is 106 Å². The van der Waals surface area contributed by atoms with Crippen LogP contribution in [0.4, 0.5) is 0 Å². The van der Waals surface area contributed by atoms with Crippen LogP contribution >= 0.6 is 45.2 Å². The minimum Gasteiger partial charge on any atom is -0.349 e. The van der Waals surface area contributed by atoms with Crippen LogP contribution < -0.4 is 0 Å². The topological polar surface area (TPSA) is 9.23 Å². The summed E-state index contributed by atoms with van der Waals surface area (Å²) in [6.45, 7) is 15.0. The van der Waals surface area contributed by atoms with Crippen molar-refractivity contribution in [3.8, 4) is 19.7 Å². The second-order valence-electron chi connectivity index (χ2n) is 11.9. The molecule has 0 aliphatic heterocycles. The summed E-state index contributed by atoms with van der Waals surface area (Å²) in [5.74, 6) is 9.69. The maximum atomic E-state index is 6.96. The molecular weight excluding hydrogens is 582 g/mol. The molecule has 0 spiro atoms. The van der Waals surface area contributed by atoms with Crippen LogP contribution in [0.5, 0.6) is 0 Å². The average molecular weight is 618 g/mol. The second-order valence-corrected chi connectivity index (χ2v) is 13.0. The summed E-state index contributed by atoms with van der Waals surface area (Å²) in [6, 6.07) is 0. The standard InChI is InChI=1S/C26H36I2O/c1-23(2)17-7-11-25(23,5)19(15-17)21(9-13-27)29-22(10-14-28)20-16-18-8-12-26(20,6)24(18,3)4/h17-22H,7-8,11-12,15-16H2,1-6H3. The first-order chi connectivity index (χ1) is 13.5. The summed E-state index contributed by atoms with van der Waals surface area (Å²) in [5, 5.41) is 0. The van der Waals surface area contributed by atoms with Gasteiger partial charge in [0.2, 0.25) is 0 Å². The van der Waals surface area contributed by atoms with Crippen LogP contribution in [0.2, 0.25) is 0 Å². The first kappa shape index (κ1) is 22.7. The molecule has 29 heavy (non-hydrogen) atoms. The molecule has 0 amide bonds. The highest BCUT2D eigenvalue weighted by molar-refractivity contribution is 14.1. The van der Waals surface area contributed by atoms with E-state index >= 15 is 0 Å². The maximum absolute atomic E-state index is 6.96. The van der Waals surface area contributed by atoms with E-state index in [1.807, 2.05) is 0 Å². The molecule has 160 valence electrons. The van der Waals surface area contributed by atoms with Crippen LogP contribution in [0.1, 0.15) is 80.1 Å². The van der Waals surface area contributed by atoms with Crippen LogP contribution in [0.3, 0.4) is 0 Å². The molecule has 8 unspecified atom stereocenters. The van der Waals surface area contributed by atoms with Crippen molar-refractivity contribution in [2.45, 2.75) is 92.3 Å².